The van der Waals surface area contributed by atoms with Crippen molar-refractivity contribution < 1.29 is 9.13 Å². The zero-order valence-electron chi connectivity index (χ0n) is 9.58. The average molecular weight is 262 g/mol. The van der Waals surface area contributed by atoms with Crippen molar-refractivity contribution in [2.45, 2.75) is 0 Å². The lowest BCUT2D eigenvalue weighted by molar-refractivity contribution is 0.415. The molecule has 0 fully saturated rings. The summed E-state index contributed by atoms with van der Waals surface area (Å²) < 4.78 is 18.5. The van der Waals surface area contributed by atoms with Crippen molar-refractivity contribution in [2.75, 3.05) is 7.11 Å². The Balaban J connectivity index is 2.65. The van der Waals surface area contributed by atoms with Crippen molar-refractivity contribution in [1.29, 1.82) is 5.26 Å². The Bertz CT molecular complexity index is 634. The van der Waals surface area contributed by atoms with Crippen LogP contribution in [0.3, 0.4) is 0 Å². The van der Waals surface area contributed by atoms with Crippen LogP contribution in [-0.4, -0.2) is 7.11 Å². The maximum Gasteiger partial charge on any atom is 0.126 e. The van der Waals surface area contributed by atoms with E-state index >= 15 is 0 Å². The highest BCUT2D eigenvalue weighted by Crippen LogP contribution is 2.32. The van der Waals surface area contributed by atoms with Gasteiger partial charge in [-0.2, -0.15) is 5.26 Å². The molecule has 0 atom stereocenters. The molecule has 0 saturated heterocycles. The molecule has 0 bridgehead atoms. The SMILES string of the molecule is COc1ccc(F)cc1-c1cc(Cl)cc(C#N)c1. The summed E-state index contributed by atoms with van der Waals surface area (Å²) in [5.74, 6) is 0.159. The second-order valence-corrected chi connectivity index (χ2v) is 4.12. The van der Waals surface area contributed by atoms with E-state index in [1.807, 2.05) is 6.07 Å². The lowest BCUT2D eigenvalue weighted by atomic mass is 10.0. The Morgan fingerprint density at radius 1 is 1.22 bits per heavy atom. The number of nitrogens with zero attached hydrogens (tertiary/aromatic N) is 1. The van der Waals surface area contributed by atoms with Crippen LogP contribution in [0.25, 0.3) is 11.1 Å². The topological polar surface area (TPSA) is 33.0 Å². The van der Waals surface area contributed by atoms with Gasteiger partial charge in [0.05, 0.1) is 18.7 Å². The van der Waals surface area contributed by atoms with Crippen LogP contribution < -0.4 is 4.74 Å². The number of ether oxygens (including phenoxy) is 1. The van der Waals surface area contributed by atoms with Gasteiger partial charge in [0.15, 0.2) is 0 Å². The van der Waals surface area contributed by atoms with Crippen LogP contribution in [-0.2, 0) is 0 Å². The van der Waals surface area contributed by atoms with Gasteiger partial charge >= 0.3 is 0 Å². The maximum atomic E-state index is 13.3. The molecule has 0 amide bonds. The number of hydrogen-bond acceptors (Lipinski definition) is 2. The molecule has 0 radical (unpaired) electrons. The minimum absolute atomic E-state index is 0.371. The Morgan fingerprint density at radius 2 is 2.00 bits per heavy atom. The van der Waals surface area contributed by atoms with E-state index in [0.717, 1.165) is 0 Å². The van der Waals surface area contributed by atoms with Crippen molar-refractivity contribution in [3.8, 4) is 22.9 Å². The van der Waals surface area contributed by atoms with Crippen molar-refractivity contribution in [3.05, 3.63) is 52.8 Å². The lowest BCUT2D eigenvalue weighted by Crippen LogP contribution is -1.90. The fraction of sp³-hybridized carbons (Fsp3) is 0.0714. The van der Waals surface area contributed by atoms with Gasteiger partial charge in [-0.25, -0.2) is 4.39 Å². The molecule has 0 heterocycles. The summed E-state index contributed by atoms with van der Waals surface area (Å²) in [4.78, 5) is 0. The Morgan fingerprint density at radius 3 is 2.67 bits per heavy atom. The molecular weight excluding hydrogens is 253 g/mol. The van der Waals surface area contributed by atoms with Crippen LogP contribution in [0, 0.1) is 17.1 Å². The van der Waals surface area contributed by atoms with Crippen LogP contribution in [0.2, 0.25) is 5.02 Å². The summed E-state index contributed by atoms with van der Waals surface area (Å²) >= 11 is 5.93. The van der Waals surface area contributed by atoms with Gasteiger partial charge in [0.25, 0.3) is 0 Å². The third kappa shape index (κ3) is 2.44. The highest BCUT2D eigenvalue weighted by molar-refractivity contribution is 6.31. The van der Waals surface area contributed by atoms with Gasteiger partial charge in [-0.05, 0) is 42.0 Å². The van der Waals surface area contributed by atoms with Gasteiger partial charge in [0, 0.05) is 10.6 Å². The van der Waals surface area contributed by atoms with E-state index in [1.54, 1.807) is 18.2 Å². The summed E-state index contributed by atoms with van der Waals surface area (Å²) in [6.07, 6.45) is 0. The molecule has 0 aromatic heterocycles. The van der Waals surface area contributed by atoms with Gasteiger partial charge in [-0.3, -0.25) is 0 Å². The minimum Gasteiger partial charge on any atom is -0.496 e. The quantitative estimate of drug-likeness (QED) is 0.818. The number of halogens is 2. The molecule has 4 heteroatoms. The highest BCUT2D eigenvalue weighted by Gasteiger charge is 2.09. The van der Waals surface area contributed by atoms with Crippen molar-refractivity contribution in [1.82, 2.24) is 0 Å². The second-order valence-electron chi connectivity index (χ2n) is 3.68. The van der Waals surface area contributed by atoms with E-state index in [-0.39, 0.29) is 5.82 Å². The van der Waals surface area contributed by atoms with Crippen LogP contribution in [0.5, 0.6) is 5.75 Å². The number of hydrogen-bond donors (Lipinski definition) is 0. The summed E-state index contributed by atoms with van der Waals surface area (Å²) in [5.41, 5.74) is 1.63. The molecule has 90 valence electrons. The van der Waals surface area contributed by atoms with E-state index in [9.17, 15) is 4.39 Å². The number of methoxy groups -OCH3 is 1. The normalized spacial score (nSPS) is 9.89. The first-order valence-corrected chi connectivity index (χ1v) is 5.56. The molecule has 0 spiro atoms. The monoisotopic (exact) mass is 261 g/mol. The molecule has 2 aromatic carbocycles. The van der Waals surface area contributed by atoms with E-state index in [2.05, 4.69) is 0 Å². The molecular formula is C14H9ClFNO. The van der Waals surface area contributed by atoms with E-state index < -0.39 is 0 Å². The largest absolute Gasteiger partial charge is 0.496 e. The Hall–Kier alpha value is -2.05. The van der Waals surface area contributed by atoms with Gasteiger partial charge in [0.1, 0.15) is 11.6 Å². The molecule has 2 aromatic rings. The highest BCUT2D eigenvalue weighted by atomic mass is 35.5. The molecule has 0 aliphatic heterocycles. The molecule has 2 nitrogen and oxygen atoms in total. The third-order valence-corrected chi connectivity index (χ3v) is 2.72. The number of rotatable bonds is 2. The zero-order chi connectivity index (χ0) is 13.1. The fourth-order valence-corrected chi connectivity index (χ4v) is 1.95. The van der Waals surface area contributed by atoms with Gasteiger partial charge in [-0.15, -0.1) is 0 Å². The lowest BCUT2D eigenvalue weighted by Gasteiger charge is -2.09. The van der Waals surface area contributed by atoms with Crippen LogP contribution in [0.15, 0.2) is 36.4 Å². The molecule has 0 aliphatic rings. The fourth-order valence-electron chi connectivity index (χ4n) is 1.72. The van der Waals surface area contributed by atoms with Gasteiger partial charge in [-0.1, -0.05) is 11.6 Å². The van der Waals surface area contributed by atoms with E-state index in [0.29, 0.717) is 27.5 Å². The second kappa shape index (κ2) is 5.07. The first-order chi connectivity index (χ1) is 8.63. The predicted molar refractivity (Wildman–Crippen MR) is 68.1 cm³/mol. The summed E-state index contributed by atoms with van der Waals surface area (Å²) in [7, 11) is 1.51. The zero-order valence-corrected chi connectivity index (χ0v) is 10.3. The summed E-state index contributed by atoms with van der Waals surface area (Å²) in [5, 5.41) is 9.33. The average Bonchev–Trinajstić information content (AvgIpc) is 2.38. The van der Waals surface area contributed by atoms with Crippen molar-refractivity contribution in [2.24, 2.45) is 0 Å². The molecule has 0 unspecified atom stereocenters. The third-order valence-electron chi connectivity index (χ3n) is 2.50. The van der Waals surface area contributed by atoms with Crippen LogP contribution >= 0.6 is 11.6 Å². The molecule has 2 rings (SSSR count). The molecule has 0 aliphatic carbocycles. The Labute approximate surface area is 109 Å². The molecule has 0 saturated carbocycles. The van der Waals surface area contributed by atoms with E-state index in [4.69, 9.17) is 21.6 Å². The van der Waals surface area contributed by atoms with E-state index in [1.165, 1.54) is 25.3 Å². The minimum atomic E-state index is -0.371. The van der Waals surface area contributed by atoms with Gasteiger partial charge < -0.3 is 4.74 Å². The van der Waals surface area contributed by atoms with Crippen molar-refractivity contribution >= 4 is 11.6 Å². The first kappa shape index (κ1) is 12.4. The standard InChI is InChI=1S/C14H9ClFNO/c1-18-14-3-2-12(16)7-13(14)10-4-9(8-17)5-11(15)6-10/h2-7H,1H3. The smallest absolute Gasteiger partial charge is 0.126 e. The van der Waals surface area contributed by atoms with Crippen LogP contribution in [0.4, 0.5) is 4.39 Å². The number of benzene rings is 2. The predicted octanol–water partition coefficient (Wildman–Crippen LogP) is 4.03. The first-order valence-electron chi connectivity index (χ1n) is 5.18. The maximum absolute atomic E-state index is 13.3. The summed E-state index contributed by atoms with van der Waals surface area (Å²) in [6.45, 7) is 0. The van der Waals surface area contributed by atoms with Gasteiger partial charge in [0.2, 0.25) is 0 Å². The number of nitriles is 1. The molecule has 18 heavy (non-hydrogen) atoms. The Kier molecular flexibility index (Phi) is 3.50. The van der Waals surface area contributed by atoms with Crippen LogP contribution in [0.1, 0.15) is 5.56 Å². The molecule has 0 N–H and O–H groups in total. The van der Waals surface area contributed by atoms with Crippen molar-refractivity contribution in [3.63, 3.8) is 0 Å². The summed E-state index contributed by atoms with van der Waals surface area (Å²) in [6, 6.07) is 11.1.